The Morgan fingerprint density at radius 1 is 1.47 bits per heavy atom. The molecule has 17 heavy (non-hydrogen) atoms. The van der Waals surface area contributed by atoms with Crippen LogP contribution >= 0.6 is 0 Å². The van der Waals surface area contributed by atoms with Gasteiger partial charge in [-0.1, -0.05) is 11.6 Å². The maximum Gasteiger partial charge on any atom is 0.404 e. The second kappa shape index (κ2) is 4.68. The van der Waals surface area contributed by atoms with Crippen molar-refractivity contribution in [3.8, 4) is 0 Å². The van der Waals surface area contributed by atoms with Crippen LogP contribution in [0.4, 0.5) is 13.2 Å². The summed E-state index contributed by atoms with van der Waals surface area (Å²) < 4.78 is 43.4. The fraction of sp³-hybridized carbons (Fsp3) is 0.727. The molecule has 6 heteroatoms. The van der Waals surface area contributed by atoms with Gasteiger partial charge in [-0.3, -0.25) is 4.90 Å². The molecule has 0 bridgehead atoms. The van der Waals surface area contributed by atoms with E-state index < -0.39 is 12.2 Å². The van der Waals surface area contributed by atoms with Crippen LogP contribution in [0.2, 0.25) is 0 Å². The van der Waals surface area contributed by atoms with E-state index in [9.17, 15) is 13.2 Å². The number of aryl methyl sites for hydroxylation is 1. The Morgan fingerprint density at radius 3 is 2.82 bits per heavy atom. The van der Waals surface area contributed by atoms with Crippen LogP contribution in [-0.2, 0) is 6.54 Å². The molecule has 0 aliphatic carbocycles. The first-order valence-corrected chi connectivity index (χ1v) is 5.70. The second-order valence-corrected chi connectivity index (χ2v) is 4.46. The number of likely N-dealkylation sites (tertiary alicyclic amines) is 1. The smallest absolute Gasteiger partial charge is 0.360 e. The number of alkyl halides is 3. The lowest BCUT2D eigenvalue weighted by Gasteiger charge is -2.35. The van der Waals surface area contributed by atoms with Gasteiger partial charge in [0, 0.05) is 6.07 Å². The highest BCUT2D eigenvalue weighted by Crippen LogP contribution is 2.32. The summed E-state index contributed by atoms with van der Waals surface area (Å²) in [5, 5.41) is 3.69. The number of piperidine rings is 1. The van der Waals surface area contributed by atoms with Gasteiger partial charge < -0.3 is 4.52 Å². The van der Waals surface area contributed by atoms with E-state index in [4.69, 9.17) is 4.52 Å². The molecule has 0 amide bonds. The Kier molecular flexibility index (Phi) is 3.42. The van der Waals surface area contributed by atoms with Crippen LogP contribution in [-0.4, -0.2) is 28.8 Å². The normalized spacial score (nSPS) is 22.9. The molecule has 0 unspecified atom stereocenters. The molecule has 1 aliphatic heterocycles. The molecule has 2 heterocycles. The molecule has 96 valence electrons. The molecule has 2 rings (SSSR count). The number of hydrogen-bond acceptors (Lipinski definition) is 3. The van der Waals surface area contributed by atoms with E-state index in [-0.39, 0.29) is 13.0 Å². The van der Waals surface area contributed by atoms with Gasteiger partial charge in [0.05, 0.1) is 12.2 Å². The van der Waals surface area contributed by atoms with Gasteiger partial charge in [0.15, 0.2) is 5.76 Å². The summed E-state index contributed by atoms with van der Waals surface area (Å²) in [5.41, 5.74) is 0.695. The molecule has 1 fully saturated rings. The average molecular weight is 248 g/mol. The van der Waals surface area contributed by atoms with E-state index >= 15 is 0 Å². The van der Waals surface area contributed by atoms with Crippen LogP contribution in [0.25, 0.3) is 0 Å². The Morgan fingerprint density at radius 2 is 2.24 bits per heavy atom. The summed E-state index contributed by atoms with van der Waals surface area (Å²) in [6, 6.07) is 0.337. The van der Waals surface area contributed by atoms with E-state index in [1.165, 1.54) is 4.90 Å². The highest BCUT2D eigenvalue weighted by Gasteiger charge is 2.44. The Balaban J connectivity index is 2.06. The van der Waals surface area contributed by atoms with Gasteiger partial charge in [0.2, 0.25) is 0 Å². The van der Waals surface area contributed by atoms with Gasteiger partial charge in [-0.05, 0) is 26.3 Å². The molecule has 1 aliphatic rings. The van der Waals surface area contributed by atoms with Gasteiger partial charge in [-0.25, -0.2) is 0 Å². The standard InChI is InChI=1S/C11H15F3N2O/c1-8-6-9(17-15-8)7-16-5-3-2-4-10(16)11(12,13)14/h6,10H,2-5,7H2,1H3/t10-/m0/s1. The first-order chi connectivity index (χ1) is 7.97. The predicted molar refractivity (Wildman–Crippen MR) is 55.3 cm³/mol. The third kappa shape index (κ3) is 3.00. The predicted octanol–water partition coefficient (Wildman–Crippen LogP) is 2.90. The lowest BCUT2D eigenvalue weighted by Crippen LogP contribution is -2.47. The summed E-state index contributed by atoms with van der Waals surface area (Å²) in [7, 11) is 0. The van der Waals surface area contributed by atoms with Crippen LogP contribution in [0.3, 0.4) is 0 Å². The molecule has 0 spiro atoms. The zero-order chi connectivity index (χ0) is 12.5. The third-order valence-electron chi connectivity index (χ3n) is 3.03. The first-order valence-electron chi connectivity index (χ1n) is 5.70. The van der Waals surface area contributed by atoms with Gasteiger partial charge in [0.25, 0.3) is 0 Å². The van der Waals surface area contributed by atoms with E-state index in [0.717, 1.165) is 6.42 Å². The Hall–Kier alpha value is -1.04. The second-order valence-electron chi connectivity index (χ2n) is 4.46. The van der Waals surface area contributed by atoms with Crippen molar-refractivity contribution in [1.82, 2.24) is 10.1 Å². The molecule has 3 nitrogen and oxygen atoms in total. The summed E-state index contributed by atoms with van der Waals surface area (Å²) in [6.07, 6.45) is -2.54. The molecule has 0 N–H and O–H groups in total. The van der Waals surface area contributed by atoms with Crippen molar-refractivity contribution in [3.63, 3.8) is 0 Å². The lowest BCUT2D eigenvalue weighted by atomic mass is 10.0. The van der Waals surface area contributed by atoms with Crippen molar-refractivity contribution in [2.75, 3.05) is 6.54 Å². The molecule has 1 atom stereocenters. The van der Waals surface area contributed by atoms with Crippen LogP contribution in [0.1, 0.15) is 30.7 Å². The minimum atomic E-state index is -4.16. The molecule has 0 saturated carbocycles. The summed E-state index contributed by atoms with van der Waals surface area (Å²) in [6.45, 7) is 2.40. The largest absolute Gasteiger partial charge is 0.404 e. The fourth-order valence-corrected chi connectivity index (χ4v) is 2.24. The number of hydrogen-bond donors (Lipinski definition) is 0. The Bertz CT molecular complexity index is 375. The third-order valence-corrected chi connectivity index (χ3v) is 3.03. The van der Waals surface area contributed by atoms with Crippen molar-refractivity contribution < 1.29 is 17.7 Å². The number of nitrogens with zero attached hydrogens (tertiary/aromatic N) is 2. The van der Waals surface area contributed by atoms with Crippen molar-refractivity contribution in [2.24, 2.45) is 0 Å². The highest BCUT2D eigenvalue weighted by molar-refractivity contribution is 5.03. The van der Waals surface area contributed by atoms with Crippen LogP contribution in [0.15, 0.2) is 10.6 Å². The van der Waals surface area contributed by atoms with Gasteiger partial charge in [-0.2, -0.15) is 13.2 Å². The fourth-order valence-electron chi connectivity index (χ4n) is 2.24. The molecule has 1 aromatic rings. The van der Waals surface area contributed by atoms with Crippen LogP contribution < -0.4 is 0 Å². The maximum absolute atomic E-state index is 12.8. The van der Waals surface area contributed by atoms with Crippen LogP contribution in [0, 0.1) is 6.92 Å². The molecular weight excluding hydrogens is 233 g/mol. The number of rotatable bonds is 2. The van der Waals surface area contributed by atoms with E-state index in [0.29, 0.717) is 24.4 Å². The first kappa shape index (κ1) is 12.4. The maximum atomic E-state index is 12.8. The summed E-state index contributed by atoms with van der Waals surface area (Å²) in [4.78, 5) is 1.43. The van der Waals surface area contributed by atoms with Gasteiger partial charge in [0.1, 0.15) is 6.04 Å². The van der Waals surface area contributed by atoms with Gasteiger partial charge in [-0.15, -0.1) is 0 Å². The SMILES string of the molecule is Cc1cc(CN2CCCC[C@H]2C(F)(F)F)on1. The van der Waals surface area contributed by atoms with Crippen LogP contribution in [0.5, 0.6) is 0 Å². The van der Waals surface area contributed by atoms with E-state index in [2.05, 4.69) is 5.16 Å². The average Bonchev–Trinajstić information content (AvgIpc) is 2.63. The minimum Gasteiger partial charge on any atom is -0.360 e. The van der Waals surface area contributed by atoms with Crippen molar-refractivity contribution in [2.45, 2.75) is 44.9 Å². The lowest BCUT2D eigenvalue weighted by molar-refractivity contribution is -0.193. The zero-order valence-electron chi connectivity index (χ0n) is 9.63. The minimum absolute atomic E-state index is 0.177. The topological polar surface area (TPSA) is 29.3 Å². The molecule has 0 radical (unpaired) electrons. The Labute approximate surface area is 97.6 Å². The van der Waals surface area contributed by atoms with Crippen molar-refractivity contribution in [1.29, 1.82) is 0 Å². The summed E-state index contributed by atoms with van der Waals surface area (Å²) in [5.74, 6) is 0.499. The van der Waals surface area contributed by atoms with Crippen molar-refractivity contribution >= 4 is 0 Å². The van der Waals surface area contributed by atoms with Gasteiger partial charge >= 0.3 is 6.18 Å². The number of aromatic nitrogens is 1. The monoisotopic (exact) mass is 248 g/mol. The van der Waals surface area contributed by atoms with Crippen molar-refractivity contribution in [3.05, 3.63) is 17.5 Å². The summed E-state index contributed by atoms with van der Waals surface area (Å²) >= 11 is 0. The molecule has 0 aromatic carbocycles. The quantitative estimate of drug-likeness (QED) is 0.805. The molecule has 1 saturated heterocycles. The van der Waals surface area contributed by atoms with E-state index in [1.807, 2.05) is 0 Å². The van der Waals surface area contributed by atoms with E-state index in [1.54, 1.807) is 13.0 Å². The highest BCUT2D eigenvalue weighted by atomic mass is 19.4. The number of halogens is 3. The zero-order valence-corrected chi connectivity index (χ0v) is 9.63. The molecular formula is C11H15F3N2O. The molecule has 1 aromatic heterocycles.